The lowest BCUT2D eigenvalue weighted by atomic mass is 10.1. The van der Waals surface area contributed by atoms with Gasteiger partial charge in [0.25, 0.3) is 0 Å². The van der Waals surface area contributed by atoms with Gasteiger partial charge in [0, 0.05) is 30.3 Å². The van der Waals surface area contributed by atoms with Gasteiger partial charge in [-0.05, 0) is 35.2 Å². The molecule has 1 heterocycles. The predicted octanol–water partition coefficient (Wildman–Crippen LogP) is 3.60. The summed E-state index contributed by atoms with van der Waals surface area (Å²) in [7, 11) is 0. The van der Waals surface area contributed by atoms with E-state index < -0.39 is 0 Å². The minimum Gasteiger partial charge on any atom is -0.384 e. The largest absolute Gasteiger partial charge is 0.384 e. The third-order valence-corrected chi connectivity index (χ3v) is 3.70. The van der Waals surface area contributed by atoms with E-state index >= 15 is 0 Å². The molecule has 1 aliphatic heterocycles. The first-order valence-corrected chi connectivity index (χ1v) is 7.00. The molecule has 3 rings (SSSR count). The maximum absolute atomic E-state index is 5.98. The van der Waals surface area contributed by atoms with Crippen LogP contribution < -0.4 is 10.6 Å². The molecule has 0 saturated heterocycles. The number of fused-ring (bicyclic) bond motifs is 1. The molecular weight excluding hydrogens is 256 g/mol. The molecule has 1 aliphatic rings. The maximum atomic E-state index is 5.98. The molecule has 0 aliphatic carbocycles. The Morgan fingerprint density at radius 1 is 1.11 bits per heavy atom. The van der Waals surface area contributed by atoms with Crippen LogP contribution in [0.4, 0.5) is 5.69 Å². The lowest BCUT2D eigenvalue weighted by Crippen LogP contribution is -2.13. The van der Waals surface area contributed by atoms with Crippen LogP contribution in [0, 0.1) is 0 Å². The summed E-state index contributed by atoms with van der Waals surface area (Å²) in [5.74, 6) is 0. The molecule has 0 unspecified atom stereocenters. The summed E-state index contributed by atoms with van der Waals surface area (Å²) in [6.45, 7) is 2.77. The third kappa shape index (κ3) is 2.91. The van der Waals surface area contributed by atoms with E-state index in [0.29, 0.717) is 0 Å². The van der Waals surface area contributed by atoms with Gasteiger partial charge < -0.3 is 10.6 Å². The van der Waals surface area contributed by atoms with Crippen LogP contribution in [0.2, 0.25) is 5.02 Å². The van der Waals surface area contributed by atoms with Crippen molar-refractivity contribution >= 4 is 17.3 Å². The second kappa shape index (κ2) is 5.64. The Kier molecular flexibility index (Phi) is 3.72. The van der Waals surface area contributed by atoms with E-state index in [1.807, 2.05) is 18.2 Å². The van der Waals surface area contributed by atoms with Gasteiger partial charge in [0.15, 0.2) is 0 Å². The lowest BCUT2D eigenvalue weighted by molar-refractivity contribution is 0.694. The quantitative estimate of drug-likeness (QED) is 0.889. The number of anilines is 1. The maximum Gasteiger partial charge on any atom is 0.0419 e. The van der Waals surface area contributed by atoms with Crippen LogP contribution in [-0.2, 0) is 19.5 Å². The smallest absolute Gasteiger partial charge is 0.0419 e. The Morgan fingerprint density at radius 2 is 2.00 bits per heavy atom. The lowest BCUT2D eigenvalue weighted by Gasteiger charge is -2.10. The van der Waals surface area contributed by atoms with Crippen molar-refractivity contribution in [3.05, 3.63) is 64.2 Å². The number of rotatable bonds is 4. The Hall–Kier alpha value is -1.51. The van der Waals surface area contributed by atoms with Crippen molar-refractivity contribution in [2.45, 2.75) is 19.5 Å². The molecule has 0 radical (unpaired) electrons. The number of hydrogen-bond donors (Lipinski definition) is 2. The van der Waals surface area contributed by atoms with Gasteiger partial charge in [-0.15, -0.1) is 0 Å². The van der Waals surface area contributed by atoms with E-state index in [1.165, 1.54) is 22.4 Å². The van der Waals surface area contributed by atoms with Crippen LogP contribution >= 0.6 is 11.6 Å². The second-order valence-electron chi connectivity index (χ2n) is 4.86. The molecule has 98 valence electrons. The minimum atomic E-state index is 0.793. The molecule has 0 fully saturated rings. The van der Waals surface area contributed by atoms with Crippen molar-refractivity contribution in [3.8, 4) is 0 Å². The molecule has 0 bridgehead atoms. The van der Waals surface area contributed by atoms with E-state index in [1.54, 1.807) is 0 Å². The van der Waals surface area contributed by atoms with Crippen molar-refractivity contribution in [2.24, 2.45) is 0 Å². The van der Waals surface area contributed by atoms with Gasteiger partial charge in [0.2, 0.25) is 0 Å². The molecule has 2 nitrogen and oxygen atoms in total. The van der Waals surface area contributed by atoms with Crippen molar-refractivity contribution in [1.29, 1.82) is 0 Å². The van der Waals surface area contributed by atoms with E-state index in [0.717, 1.165) is 31.1 Å². The van der Waals surface area contributed by atoms with Crippen LogP contribution in [-0.4, -0.2) is 6.54 Å². The van der Waals surface area contributed by atoms with Crippen molar-refractivity contribution in [2.75, 3.05) is 11.9 Å². The zero-order valence-electron chi connectivity index (χ0n) is 10.7. The topological polar surface area (TPSA) is 24.1 Å². The predicted molar refractivity (Wildman–Crippen MR) is 80.6 cm³/mol. The van der Waals surface area contributed by atoms with E-state index in [2.05, 4.69) is 34.9 Å². The summed E-state index contributed by atoms with van der Waals surface area (Å²) in [6, 6.07) is 14.5. The molecule has 0 spiro atoms. The van der Waals surface area contributed by atoms with Crippen molar-refractivity contribution < 1.29 is 0 Å². The fourth-order valence-electron chi connectivity index (χ4n) is 2.55. The average Bonchev–Trinajstić information content (AvgIpc) is 2.88. The molecule has 0 amide bonds. The molecule has 19 heavy (non-hydrogen) atoms. The summed E-state index contributed by atoms with van der Waals surface area (Å²) < 4.78 is 0. The van der Waals surface area contributed by atoms with Gasteiger partial charge in [-0.1, -0.05) is 41.9 Å². The molecule has 2 N–H and O–H groups in total. The highest BCUT2D eigenvalue weighted by Crippen LogP contribution is 2.26. The number of benzene rings is 2. The summed E-state index contributed by atoms with van der Waals surface area (Å²) in [5.41, 5.74) is 5.31. The normalized spacial score (nSPS) is 13.1. The molecular formula is C16H17ClN2. The van der Waals surface area contributed by atoms with Crippen LogP contribution in [0.25, 0.3) is 0 Å². The number of halogens is 1. The highest BCUT2D eigenvalue weighted by Gasteiger charge is 2.12. The molecule has 0 aromatic heterocycles. The Morgan fingerprint density at radius 3 is 2.89 bits per heavy atom. The van der Waals surface area contributed by atoms with Gasteiger partial charge >= 0.3 is 0 Å². The minimum absolute atomic E-state index is 0.793. The third-order valence-electron chi connectivity index (χ3n) is 3.47. The summed E-state index contributed by atoms with van der Waals surface area (Å²) in [4.78, 5) is 0. The zero-order valence-corrected chi connectivity index (χ0v) is 11.5. The average molecular weight is 273 g/mol. The molecule has 3 heteroatoms. The van der Waals surface area contributed by atoms with Crippen molar-refractivity contribution in [1.82, 2.24) is 5.32 Å². The van der Waals surface area contributed by atoms with Crippen LogP contribution in [0.5, 0.6) is 0 Å². The first-order valence-electron chi connectivity index (χ1n) is 6.63. The zero-order chi connectivity index (χ0) is 13.1. The highest BCUT2D eigenvalue weighted by molar-refractivity contribution is 6.30. The Bertz CT molecular complexity index is 581. The van der Waals surface area contributed by atoms with E-state index in [-0.39, 0.29) is 0 Å². The number of hydrogen-bond acceptors (Lipinski definition) is 2. The number of nitrogens with one attached hydrogen (secondary N) is 2. The Balaban J connectivity index is 1.63. The van der Waals surface area contributed by atoms with Crippen LogP contribution in [0.3, 0.4) is 0 Å². The standard InChI is InChI=1S/C16H17ClN2/c17-15-6-1-3-12(9-15)10-18-11-14-5-2-4-13-7-8-19-16(13)14/h1-6,9,18-19H,7-8,10-11H2. The fraction of sp³-hybridized carbons (Fsp3) is 0.250. The summed E-state index contributed by atoms with van der Waals surface area (Å²) in [6.07, 6.45) is 1.14. The van der Waals surface area contributed by atoms with Gasteiger partial charge in [-0.25, -0.2) is 0 Å². The molecule has 2 aromatic rings. The monoisotopic (exact) mass is 272 g/mol. The van der Waals surface area contributed by atoms with Gasteiger partial charge in [-0.3, -0.25) is 0 Å². The second-order valence-corrected chi connectivity index (χ2v) is 5.30. The molecule has 2 aromatic carbocycles. The van der Waals surface area contributed by atoms with E-state index in [9.17, 15) is 0 Å². The van der Waals surface area contributed by atoms with E-state index in [4.69, 9.17) is 11.6 Å². The van der Waals surface area contributed by atoms with Crippen molar-refractivity contribution in [3.63, 3.8) is 0 Å². The SMILES string of the molecule is Clc1cccc(CNCc2cccc3c2NCC3)c1. The van der Waals surface area contributed by atoms with Crippen LogP contribution in [0.1, 0.15) is 16.7 Å². The van der Waals surface area contributed by atoms with Crippen LogP contribution in [0.15, 0.2) is 42.5 Å². The number of para-hydroxylation sites is 1. The Labute approximate surface area is 118 Å². The first kappa shape index (κ1) is 12.5. The fourth-order valence-corrected chi connectivity index (χ4v) is 2.76. The van der Waals surface area contributed by atoms with Gasteiger partial charge in [0.1, 0.15) is 0 Å². The van der Waals surface area contributed by atoms with Gasteiger partial charge in [-0.2, -0.15) is 0 Å². The summed E-state index contributed by atoms with van der Waals surface area (Å²) >= 11 is 5.98. The first-order chi connectivity index (χ1) is 9.33. The van der Waals surface area contributed by atoms with Gasteiger partial charge in [0.05, 0.1) is 0 Å². The molecule has 0 saturated carbocycles. The highest BCUT2D eigenvalue weighted by atomic mass is 35.5. The summed E-state index contributed by atoms with van der Waals surface area (Å²) in [5, 5.41) is 7.73. The molecule has 0 atom stereocenters.